The molecule has 0 aromatic carbocycles. The molecule has 2 aromatic rings. The number of nitrogens with one attached hydrogen (secondary N) is 1. The van der Waals surface area contributed by atoms with Crippen LogP contribution in [0.4, 0.5) is 0 Å². The van der Waals surface area contributed by atoms with E-state index < -0.39 is 0 Å². The topological polar surface area (TPSA) is 24.9 Å². The fraction of sp³-hybridized carbons (Fsp3) is 0.250. The maximum Gasteiger partial charge on any atom is 0.0570 e. The molecule has 15 heavy (non-hydrogen) atoms. The maximum absolute atomic E-state index is 4.32. The first-order chi connectivity index (χ1) is 7.36. The van der Waals surface area contributed by atoms with Crippen molar-refractivity contribution in [3.63, 3.8) is 0 Å². The van der Waals surface area contributed by atoms with Gasteiger partial charge in [0.15, 0.2) is 0 Å². The zero-order valence-corrected chi connectivity index (χ0v) is 9.50. The van der Waals surface area contributed by atoms with Crippen LogP contribution in [0.25, 0.3) is 0 Å². The second-order valence-corrected chi connectivity index (χ2v) is 4.47. The molecule has 0 saturated heterocycles. The van der Waals surface area contributed by atoms with Gasteiger partial charge in [-0.15, -0.1) is 11.3 Å². The standard InChI is InChI=1S/C12H14N2S/c1-10(12-6-2-3-7-13-12)14-9-11-5-4-8-15-11/h2-8,10,14H,9H2,1H3/t10-/m1/s1. The van der Waals surface area contributed by atoms with Crippen LogP contribution in [0.3, 0.4) is 0 Å². The Bertz CT molecular complexity index is 383. The normalized spacial score (nSPS) is 12.6. The lowest BCUT2D eigenvalue weighted by atomic mass is 10.2. The highest BCUT2D eigenvalue weighted by molar-refractivity contribution is 7.09. The van der Waals surface area contributed by atoms with Crippen LogP contribution in [0.2, 0.25) is 0 Å². The number of thiophene rings is 1. The molecule has 1 N–H and O–H groups in total. The number of rotatable bonds is 4. The van der Waals surface area contributed by atoms with Crippen molar-refractivity contribution in [3.05, 3.63) is 52.5 Å². The minimum atomic E-state index is 0.299. The largest absolute Gasteiger partial charge is 0.304 e. The van der Waals surface area contributed by atoms with Gasteiger partial charge < -0.3 is 5.32 Å². The Morgan fingerprint density at radius 1 is 1.33 bits per heavy atom. The summed E-state index contributed by atoms with van der Waals surface area (Å²) in [5, 5.41) is 5.55. The fourth-order valence-electron chi connectivity index (χ4n) is 1.40. The van der Waals surface area contributed by atoms with Crippen molar-refractivity contribution in [1.82, 2.24) is 10.3 Å². The van der Waals surface area contributed by atoms with Gasteiger partial charge in [0.05, 0.1) is 5.69 Å². The minimum Gasteiger partial charge on any atom is -0.304 e. The van der Waals surface area contributed by atoms with Crippen molar-refractivity contribution in [2.24, 2.45) is 0 Å². The van der Waals surface area contributed by atoms with Crippen molar-refractivity contribution in [2.45, 2.75) is 19.5 Å². The van der Waals surface area contributed by atoms with Crippen LogP contribution in [0.15, 0.2) is 41.9 Å². The van der Waals surface area contributed by atoms with Crippen LogP contribution in [0.1, 0.15) is 23.5 Å². The Balaban J connectivity index is 1.90. The van der Waals surface area contributed by atoms with Gasteiger partial charge in [0.1, 0.15) is 0 Å². The molecule has 0 fully saturated rings. The maximum atomic E-state index is 4.32. The van der Waals surface area contributed by atoms with Gasteiger partial charge in [-0.1, -0.05) is 12.1 Å². The third-order valence-corrected chi connectivity index (χ3v) is 3.17. The third-order valence-electron chi connectivity index (χ3n) is 2.29. The Morgan fingerprint density at radius 2 is 2.27 bits per heavy atom. The zero-order chi connectivity index (χ0) is 10.5. The van der Waals surface area contributed by atoms with Gasteiger partial charge in [0.25, 0.3) is 0 Å². The first-order valence-electron chi connectivity index (χ1n) is 5.03. The van der Waals surface area contributed by atoms with E-state index in [9.17, 15) is 0 Å². The molecule has 0 aliphatic carbocycles. The van der Waals surface area contributed by atoms with E-state index in [0.29, 0.717) is 6.04 Å². The van der Waals surface area contributed by atoms with E-state index in [4.69, 9.17) is 0 Å². The van der Waals surface area contributed by atoms with Crippen LogP contribution in [0, 0.1) is 0 Å². The highest BCUT2D eigenvalue weighted by atomic mass is 32.1. The van der Waals surface area contributed by atoms with E-state index in [1.54, 1.807) is 11.3 Å². The lowest BCUT2D eigenvalue weighted by Gasteiger charge is -2.11. The molecule has 0 saturated carbocycles. The third kappa shape index (κ3) is 2.88. The number of nitrogens with zero attached hydrogens (tertiary/aromatic N) is 1. The molecule has 2 rings (SSSR count). The molecule has 3 heteroatoms. The molecule has 2 heterocycles. The molecule has 0 unspecified atom stereocenters. The van der Waals surface area contributed by atoms with Crippen molar-refractivity contribution < 1.29 is 0 Å². The second-order valence-electron chi connectivity index (χ2n) is 3.44. The van der Waals surface area contributed by atoms with Crippen molar-refractivity contribution >= 4 is 11.3 Å². The summed E-state index contributed by atoms with van der Waals surface area (Å²) in [6, 6.07) is 10.5. The van der Waals surface area contributed by atoms with Gasteiger partial charge in [0.2, 0.25) is 0 Å². The van der Waals surface area contributed by atoms with E-state index in [2.05, 4.69) is 34.7 Å². The van der Waals surface area contributed by atoms with Gasteiger partial charge >= 0.3 is 0 Å². The summed E-state index contributed by atoms with van der Waals surface area (Å²) in [7, 11) is 0. The van der Waals surface area contributed by atoms with E-state index in [1.807, 2.05) is 24.4 Å². The van der Waals surface area contributed by atoms with Crippen molar-refractivity contribution in [2.75, 3.05) is 0 Å². The Morgan fingerprint density at radius 3 is 2.93 bits per heavy atom. The monoisotopic (exact) mass is 218 g/mol. The van der Waals surface area contributed by atoms with E-state index in [-0.39, 0.29) is 0 Å². The first kappa shape index (κ1) is 10.3. The van der Waals surface area contributed by atoms with Gasteiger partial charge in [-0.05, 0) is 30.5 Å². The summed E-state index contributed by atoms with van der Waals surface area (Å²) >= 11 is 1.78. The lowest BCUT2D eigenvalue weighted by molar-refractivity contribution is 0.565. The lowest BCUT2D eigenvalue weighted by Crippen LogP contribution is -2.18. The van der Waals surface area contributed by atoms with Crippen LogP contribution < -0.4 is 5.32 Å². The molecule has 0 aliphatic rings. The molecule has 0 aliphatic heterocycles. The average Bonchev–Trinajstić information content (AvgIpc) is 2.80. The zero-order valence-electron chi connectivity index (χ0n) is 8.68. The van der Waals surface area contributed by atoms with Crippen LogP contribution >= 0.6 is 11.3 Å². The minimum absolute atomic E-state index is 0.299. The number of pyridine rings is 1. The summed E-state index contributed by atoms with van der Waals surface area (Å²) in [6.45, 7) is 3.05. The van der Waals surface area contributed by atoms with Gasteiger partial charge in [0, 0.05) is 23.7 Å². The average molecular weight is 218 g/mol. The number of aromatic nitrogens is 1. The molecule has 2 aromatic heterocycles. The fourth-order valence-corrected chi connectivity index (χ4v) is 2.06. The Labute approximate surface area is 94.0 Å². The van der Waals surface area contributed by atoms with Crippen molar-refractivity contribution in [1.29, 1.82) is 0 Å². The summed E-state index contributed by atoms with van der Waals surface area (Å²) in [5.41, 5.74) is 1.09. The predicted molar refractivity (Wildman–Crippen MR) is 63.8 cm³/mol. The summed E-state index contributed by atoms with van der Waals surface area (Å²) < 4.78 is 0. The predicted octanol–water partition coefficient (Wildman–Crippen LogP) is 2.99. The summed E-state index contributed by atoms with van der Waals surface area (Å²) in [5.74, 6) is 0. The van der Waals surface area contributed by atoms with E-state index in [1.165, 1.54) is 4.88 Å². The SMILES string of the molecule is C[C@@H](NCc1cccs1)c1ccccn1. The molecule has 2 nitrogen and oxygen atoms in total. The molecular formula is C12H14N2S. The quantitative estimate of drug-likeness (QED) is 0.853. The highest BCUT2D eigenvalue weighted by Gasteiger charge is 2.04. The van der Waals surface area contributed by atoms with Gasteiger partial charge in [-0.2, -0.15) is 0 Å². The molecule has 1 atom stereocenters. The Kier molecular flexibility index (Phi) is 3.48. The van der Waals surface area contributed by atoms with Gasteiger partial charge in [-0.3, -0.25) is 4.98 Å². The molecule has 0 radical (unpaired) electrons. The number of hydrogen-bond acceptors (Lipinski definition) is 3. The molecule has 78 valence electrons. The molecule has 0 bridgehead atoms. The van der Waals surface area contributed by atoms with Crippen molar-refractivity contribution in [3.8, 4) is 0 Å². The Hall–Kier alpha value is -1.19. The van der Waals surface area contributed by atoms with Crippen LogP contribution in [-0.2, 0) is 6.54 Å². The summed E-state index contributed by atoms with van der Waals surface area (Å²) in [6.07, 6.45) is 1.83. The number of hydrogen-bond donors (Lipinski definition) is 1. The molecular weight excluding hydrogens is 204 g/mol. The molecule has 0 spiro atoms. The highest BCUT2D eigenvalue weighted by Crippen LogP contribution is 2.12. The van der Waals surface area contributed by atoms with Crippen LogP contribution in [0.5, 0.6) is 0 Å². The van der Waals surface area contributed by atoms with E-state index in [0.717, 1.165) is 12.2 Å². The van der Waals surface area contributed by atoms with Crippen LogP contribution in [-0.4, -0.2) is 4.98 Å². The van der Waals surface area contributed by atoms with E-state index >= 15 is 0 Å². The molecule has 0 amide bonds. The van der Waals surface area contributed by atoms with Gasteiger partial charge in [-0.25, -0.2) is 0 Å². The second kappa shape index (κ2) is 5.05. The smallest absolute Gasteiger partial charge is 0.0570 e. The first-order valence-corrected chi connectivity index (χ1v) is 5.91. The summed E-state index contributed by atoms with van der Waals surface area (Å²) in [4.78, 5) is 5.68.